The molecule has 0 radical (unpaired) electrons. The van der Waals surface area contributed by atoms with E-state index < -0.39 is 5.97 Å². The van der Waals surface area contributed by atoms with E-state index in [1.807, 2.05) is 42.5 Å². The second-order valence-corrected chi connectivity index (χ2v) is 6.86. The summed E-state index contributed by atoms with van der Waals surface area (Å²) in [6.07, 6.45) is 3.75. The second-order valence-electron chi connectivity index (χ2n) is 5.95. The third-order valence-electron chi connectivity index (χ3n) is 3.97. The van der Waals surface area contributed by atoms with Crippen molar-refractivity contribution >= 4 is 33.9 Å². The fraction of sp³-hybridized carbons (Fsp3) is 0.238. The molecule has 1 heterocycles. The van der Waals surface area contributed by atoms with Crippen molar-refractivity contribution in [2.45, 2.75) is 19.8 Å². The Kier molecular flexibility index (Phi) is 6.29. The lowest BCUT2D eigenvalue weighted by Gasteiger charge is -2.05. The fourth-order valence-corrected chi connectivity index (χ4v) is 2.90. The van der Waals surface area contributed by atoms with Gasteiger partial charge in [0.15, 0.2) is 5.70 Å². The molecule has 0 amide bonds. The standard InChI is InChI=1S/C21H20BrNO4/c1-3-4-11-26-17-8-5-14(6-9-17)20-23-18(21(24)27-20)13-15-12-16(22)7-10-19(15)25-2/h5-10,12-13H,3-4,11H2,1-2H3. The van der Waals surface area contributed by atoms with Crippen LogP contribution in [0, 0.1) is 0 Å². The Morgan fingerprint density at radius 1 is 1.19 bits per heavy atom. The third kappa shape index (κ3) is 4.77. The van der Waals surface area contributed by atoms with E-state index in [1.54, 1.807) is 13.2 Å². The average molecular weight is 430 g/mol. The van der Waals surface area contributed by atoms with E-state index in [0.29, 0.717) is 12.4 Å². The molecule has 0 spiro atoms. The predicted molar refractivity (Wildman–Crippen MR) is 108 cm³/mol. The second kappa shape index (κ2) is 8.86. The van der Waals surface area contributed by atoms with Gasteiger partial charge in [-0.05, 0) is 55.0 Å². The Morgan fingerprint density at radius 2 is 1.96 bits per heavy atom. The average Bonchev–Trinajstić information content (AvgIpc) is 3.03. The van der Waals surface area contributed by atoms with E-state index >= 15 is 0 Å². The normalized spacial score (nSPS) is 14.9. The lowest BCUT2D eigenvalue weighted by Crippen LogP contribution is -2.05. The fourth-order valence-electron chi connectivity index (χ4n) is 2.53. The number of ether oxygens (including phenoxy) is 3. The molecule has 27 heavy (non-hydrogen) atoms. The highest BCUT2D eigenvalue weighted by atomic mass is 79.9. The van der Waals surface area contributed by atoms with E-state index in [1.165, 1.54) is 0 Å². The topological polar surface area (TPSA) is 57.1 Å². The van der Waals surface area contributed by atoms with Gasteiger partial charge >= 0.3 is 5.97 Å². The number of aliphatic imine (C=N–C) groups is 1. The van der Waals surface area contributed by atoms with Crippen molar-refractivity contribution in [3.8, 4) is 11.5 Å². The molecule has 6 heteroatoms. The minimum absolute atomic E-state index is 0.227. The number of methoxy groups -OCH3 is 1. The molecule has 2 aromatic rings. The van der Waals surface area contributed by atoms with Gasteiger partial charge in [-0.1, -0.05) is 29.3 Å². The van der Waals surface area contributed by atoms with Gasteiger partial charge in [0.1, 0.15) is 11.5 Å². The third-order valence-corrected chi connectivity index (χ3v) is 4.47. The maximum Gasteiger partial charge on any atom is 0.363 e. The number of hydrogen-bond donors (Lipinski definition) is 0. The summed E-state index contributed by atoms with van der Waals surface area (Å²) in [5, 5.41) is 0. The zero-order valence-corrected chi connectivity index (χ0v) is 16.8. The SMILES string of the molecule is CCCCOc1ccc(C2=NC(=Cc3cc(Br)ccc3OC)C(=O)O2)cc1. The van der Waals surface area contributed by atoms with Crippen LogP contribution in [0.4, 0.5) is 0 Å². The zero-order valence-electron chi connectivity index (χ0n) is 15.2. The number of esters is 1. The Hall–Kier alpha value is -2.60. The number of benzene rings is 2. The van der Waals surface area contributed by atoms with Crippen molar-refractivity contribution in [1.82, 2.24) is 0 Å². The Bertz CT molecular complexity index is 888. The molecule has 0 aromatic heterocycles. The molecule has 1 aliphatic rings. The van der Waals surface area contributed by atoms with Gasteiger partial charge < -0.3 is 14.2 Å². The van der Waals surface area contributed by atoms with Gasteiger partial charge in [0, 0.05) is 15.6 Å². The van der Waals surface area contributed by atoms with Crippen LogP contribution in [-0.2, 0) is 9.53 Å². The van der Waals surface area contributed by atoms with E-state index in [4.69, 9.17) is 14.2 Å². The van der Waals surface area contributed by atoms with Crippen LogP contribution in [-0.4, -0.2) is 25.6 Å². The first-order valence-electron chi connectivity index (χ1n) is 8.70. The number of unbranched alkanes of at least 4 members (excludes halogenated alkanes) is 1. The van der Waals surface area contributed by atoms with Crippen molar-refractivity contribution < 1.29 is 19.0 Å². The van der Waals surface area contributed by atoms with Gasteiger partial charge in [-0.3, -0.25) is 0 Å². The van der Waals surface area contributed by atoms with E-state index in [0.717, 1.165) is 34.2 Å². The van der Waals surface area contributed by atoms with Crippen LogP contribution in [0.15, 0.2) is 57.6 Å². The van der Waals surface area contributed by atoms with Gasteiger partial charge in [-0.2, -0.15) is 0 Å². The summed E-state index contributed by atoms with van der Waals surface area (Å²) in [5.74, 6) is 1.22. The molecule has 0 saturated heterocycles. The molecule has 0 bridgehead atoms. The van der Waals surface area contributed by atoms with Crippen molar-refractivity contribution in [3.63, 3.8) is 0 Å². The molecule has 5 nitrogen and oxygen atoms in total. The quantitative estimate of drug-likeness (QED) is 0.353. The molecule has 3 rings (SSSR count). The number of cyclic esters (lactones) is 1. The summed E-state index contributed by atoms with van der Waals surface area (Å²) >= 11 is 3.42. The summed E-state index contributed by atoms with van der Waals surface area (Å²) in [6, 6.07) is 12.9. The molecule has 0 saturated carbocycles. The lowest BCUT2D eigenvalue weighted by atomic mass is 10.1. The van der Waals surface area contributed by atoms with Gasteiger partial charge in [0.05, 0.1) is 13.7 Å². The molecule has 0 fully saturated rings. The smallest absolute Gasteiger partial charge is 0.363 e. The van der Waals surface area contributed by atoms with E-state index in [-0.39, 0.29) is 11.6 Å². The van der Waals surface area contributed by atoms with E-state index in [2.05, 4.69) is 27.8 Å². The maximum absolute atomic E-state index is 12.2. The molecule has 0 aliphatic carbocycles. The first kappa shape index (κ1) is 19.2. The number of carbonyl (C=O) groups is 1. The Balaban J connectivity index is 1.81. The lowest BCUT2D eigenvalue weighted by molar-refractivity contribution is -0.129. The Morgan fingerprint density at radius 3 is 2.67 bits per heavy atom. The van der Waals surface area contributed by atoms with Gasteiger partial charge in [0.25, 0.3) is 0 Å². The van der Waals surface area contributed by atoms with Crippen LogP contribution >= 0.6 is 15.9 Å². The minimum Gasteiger partial charge on any atom is -0.496 e. The van der Waals surface area contributed by atoms with Crippen LogP contribution in [0.5, 0.6) is 11.5 Å². The molecule has 0 unspecified atom stereocenters. The van der Waals surface area contributed by atoms with Crippen LogP contribution in [0.3, 0.4) is 0 Å². The molecule has 2 aromatic carbocycles. The highest BCUT2D eigenvalue weighted by molar-refractivity contribution is 9.10. The van der Waals surface area contributed by atoms with E-state index in [9.17, 15) is 4.79 Å². The number of hydrogen-bond acceptors (Lipinski definition) is 5. The highest BCUT2D eigenvalue weighted by Crippen LogP contribution is 2.27. The van der Waals surface area contributed by atoms with Crippen molar-refractivity contribution in [2.75, 3.05) is 13.7 Å². The number of halogens is 1. The summed E-state index contributed by atoms with van der Waals surface area (Å²) in [4.78, 5) is 16.5. The zero-order chi connectivity index (χ0) is 19.2. The van der Waals surface area contributed by atoms with Gasteiger partial charge in [-0.25, -0.2) is 9.79 Å². The summed E-state index contributed by atoms with van der Waals surface area (Å²) in [7, 11) is 1.58. The molecule has 0 atom stereocenters. The molecule has 1 aliphatic heterocycles. The van der Waals surface area contributed by atoms with Crippen LogP contribution in [0.25, 0.3) is 6.08 Å². The van der Waals surface area contributed by atoms with Crippen LogP contribution in [0.1, 0.15) is 30.9 Å². The molecule has 0 N–H and O–H groups in total. The number of rotatable bonds is 7. The number of carbonyl (C=O) groups excluding carboxylic acids is 1. The van der Waals surface area contributed by atoms with Crippen molar-refractivity contribution in [2.24, 2.45) is 4.99 Å². The molecular weight excluding hydrogens is 410 g/mol. The molecular formula is C21H20BrNO4. The predicted octanol–water partition coefficient (Wildman–Crippen LogP) is 4.98. The first-order chi connectivity index (χ1) is 13.1. The van der Waals surface area contributed by atoms with Crippen LogP contribution in [0.2, 0.25) is 0 Å². The summed E-state index contributed by atoms with van der Waals surface area (Å²) in [6.45, 7) is 2.81. The Labute approximate surface area is 166 Å². The molecule has 140 valence electrons. The van der Waals surface area contributed by atoms with Gasteiger partial charge in [-0.15, -0.1) is 0 Å². The highest BCUT2D eigenvalue weighted by Gasteiger charge is 2.24. The summed E-state index contributed by atoms with van der Waals surface area (Å²) in [5.41, 5.74) is 1.68. The minimum atomic E-state index is -0.490. The largest absolute Gasteiger partial charge is 0.496 e. The summed E-state index contributed by atoms with van der Waals surface area (Å²) < 4.78 is 17.2. The van der Waals surface area contributed by atoms with Crippen molar-refractivity contribution in [3.05, 3.63) is 63.8 Å². The van der Waals surface area contributed by atoms with Crippen molar-refractivity contribution in [1.29, 1.82) is 0 Å². The van der Waals surface area contributed by atoms with Crippen LogP contribution < -0.4 is 9.47 Å². The monoisotopic (exact) mass is 429 g/mol. The first-order valence-corrected chi connectivity index (χ1v) is 9.49. The van der Waals surface area contributed by atoms with Gasteiger partial charge in [0.2, 0.25) is 5.90 Å². The number of nitrogens with zero attached hydrogens (tertiary/aromatic N) is 1. The maximum atomic E-state index is 12.2.